The van der Waals surface area contributed by atoms with Crippen molar-refractivity contribution in [2.24, 2.45) is 0 Å². The molecule has 0 rings (SSSR count). The van der Waals surface area contributed by atoms with Gasteiger partial charge in [-0.2, -0.15) is 0 Å². The van der Waals surface area contributed by atoms with Gasteiger partial charge in [0.1, 0.15) is 0 Å². The van der Waals surface area contributed by atoms with Gasteiger partial charge in [0.2, 0.25) is 0 Å². The van der Waals surface area contributed by atoms with Gasteiger partial charge >= 0.3 is 9.05 Å². The van der Waals surface area contributed by atoms with Crippen LogP contribution < -0.4 is 0 Å². The van der Waals surface area contributed by atoms with Crippen LogP contribution in [0.15, 0.2) is 12.7 Å². The molecule has 0 heterocycles. The predicted octanol–water partition coefficient (Wildman–Crippen LogP) is 1.82. The molecule has 9 heteroatoms. The highest BCUT2D eigenvalue weighted by Gasteiger charge is 2.50. The maximum absolute atomic E-state index is 6.28. The Bertz CT molecular complexity index is 276. The number of hydrogen-bond donors (Lipinski definition) is 0. The Kier molecular flexibility index (Phi) is 13.2. The van der Waals surface area contributed by atoms with Crippen LogP contribution in [0.4, 0.5) is 0 Å². The van der Waals surface area contributed by atoms with Crippen molar-refractivity contribution >= 4 is 17.4 Å². The molecule has 0 saturated heterocycles. The van der Waals surface area contributed by atoms with Crippen LogP contribution in [-0.4, -0.2) is 78.3 Å². The molecule has 0 fully saturated rings. The Morgan fingerprint density at radius 3 is 1.43 bits per heavy atom. The molecule has 0 aliphatic heterocycles. The number of ether oxygens (including phenoxy) is 3. The van der Waals surface area contributed by atoms with Crippen molar-refractivity contribution in [1.82, 2.24) is 0 Å². The summed E-state index contributed by atoms with van der Waals surface area (Å²) < 4.78 is 39.1. The van der Waals surface area contributed by atoms with Crippen molar-refractivity contribution in [3.63, 3.8) is 0 Å². The highest BCUT2D eigenvalue weighted by atomic mass is 28.5. The van der Waals surface area contributed by atoms with Gasteiger partial charge in [-0.15, -0.1) is 6.58 Å². The fraction of sp³-hybridized carbons (Fsp3) is 0.857. The van der Waals surface area contributed by atoms with Crippen LogP contribution in [-0.2, 0) is 31.6 Å². The first-order chi connectivity index (χ1) is 10.9. The van der Waals surface area contributed by atoms with Crippen LogP contribution in [0, 0.1) is 0 Å². The Morgan fingerprint density at radius 2 is 1.13 bits per heavy atom. The minimum absolute atomic E-state index is 0.335. The van der Waals surface area contributed by atoms with E-state index in [1.54, 1.807) is 21.3 Å². The molecule has 0 bridgehead atoms. The average molecular weight is 369 g/mol. The second-order valence-electron chi connectivity index (χ2n) is 5.38. The summed E-state index contributed by atoms with van der Waals surface area (Å²) in [6, 6.07) is 0.774. The maximum atomic E-state index is 6.28. The molecule has 0 aromatic heterocycles. The van der Waals surface area contributed by atoms with Crippen molar-refractivity contribution in [2.45, 2.75) is 19.1 Å². The smallest absolute Gasteiger partial charge is 0.394 e. The molecule has 23 heavy (non-hydrogen) atoms. The maximum Gasteiger partial charge on any atom is 0.669 e. The number of methoxy groups -OCH3 is 3. The summed E-state index contributed by atoms with van der Waals surface area (Å²) in [5.41, 5.74) is 0. The van der Waals surface area contributed by atoms with E-state index in [9.17, 15) is 0 Å². The molecule has 0 aliphatic carbocycles. The van der Waals surface area contributed by atoms with E-state index >= 15 is 0 Å². The van der Waals surface area contributed by atoms with Gasteiger partial charge in [0.25, 0.3) is 0 Å². The van der Waals surface area contributed by atoms with Gasteiger partial charge in [0.15, 0.2) is 8.32 Å². The van der Waals surface area contributed by atoms with Crippen molar-refractivity contribution in [3.8, 4) is 0 Å². The van der Waals surface area contributed by atoms with Gasteiger partial charge in [-0.25, -0.2) is 0 Å². The van der Waals surface area contributed by atoms with Crippen LogP contribution in [0.25, 0.3) is 0 Å². The van der Waals surface area contributed by atoms with Crippen LogP contribution in [0.5, 0.6) is 0 Å². The van der Waals surface area contributed by atoms with Crippen molar-refractivity contribution in [2.75, 3.05) is 61.0 Å². The van der Waals surface area contributed by atoms with Gasteiger partial charge in [-0.05, 0) is 19.1 Å². The summed E-state index contributed by atoms with van der Waals surface area (Å²) in [5, 5.41) is 0. The minimum atomic E-state index is -3.31. The van der Waals surface area contributed by atoms with Crippen molar-refractivity contribution < 1.29 is 31.6 Å². The van der Waals surface area contributed by atoms with Gasteiger partial charge in [-0.3, -0.25) is 0 Å². The summed E-state index contributed by atoms with van der Waals surface area (Å²) in [6.07, 6.45) is 1.85. The van der Waals surface area contributed by atoms with E-state index < -0.39 is 17.4 Å². The Morgan fingerprint density at radius 1 is 0.739 bits per heavy atom. The average Bonchev–Trinajstić information content (AvgIpc) is 2.47. The lowest BCUT2D eigenvalue weighted by Gasteiger charge is -2.34. The normalized spacial score (nSPS) is 12.6. The molecular weight excluding hydrogens is 336 g/mol. The molecule has 0 saturated carbocycles. The highest BCUT2D eigenvalue weighted by molar-refractivity contribution is 6.79. The standard InChI is InChI=1S/C14H32O7Si2/c1-7-14-22(5,6)21-23(18-11-8-15-2,19-12-9-16-3)20-13-10-17-4/h7H,1,8-14H2,2-6H3. The summed E-state index contributed by atoms with van der Waals surface area (Å²) in [5.74, 6) is 0. The quantitative estimate of drug-likeness (QED) is 0.234. The molecule has 0 atom stereocenters. The molecule has 0 aromatic rings. The number of hydrogen-bond acceptors (Lipinski definition) is 7. The SMILES string of the molecule is C=CC[Si](C)(C)O[Si](OCCOC)(OCCOC)OCCOC. The molecule has 138 valence electrons. The molecule has 0 N–H and O–H groups in total. The summed E-state index contributed by atoms with van der Waals surface area (Å²) in [4.78, 5) is 0. The van der Waals surface area contributed by atoms with Crippen LogP contribution >= 0.6 is 0 Å². The van der Waals surface area contributed by atoms with Gasteiger partial charge < -0.3 is 31.6 Å². The summed E-state index contributed by atoms with van der Waals surface area (Å²) in [6.45, 7) is 10.3. The number of allylic oxidation sites excluding steroid dienone is 1. The lowest BCUT2D eigenvalue weighted by atomic mass is 10.8. The molecule has 7 nitrogen and oxygen atoms in total. The first-order valence-corrected chi connectivity index (χ1v) is 12.4. The van der Waals surface area contributed by atoms with E-state index in [1.165, 1.54) is 0 Å². The van der Waals surface area contributed by atoms with E-state index in [2.05, 4.69) is 19.7 Å². The van der Waals surface area contributed by atoms with Gasteiger partial charge in [0.05, 0.1) is 39.6 Å². The van der Waals surface area contributed by atoms with E-state index in [1.807, 2.05) is 6.08 Å². The zero-order valence-electron chi connectivity index (χ0n) is 15.1. The van der Waals surface area contributed by atoms with Crippen LogP contribution in [0.3, 0.4) is 0 Å². The Labute approximate surface area is 142 Å². The Balaban J connectivity index is 5.02. The monoisotopic (exact) mass is 368 g/mol. The van der Waals surface area contributed by atoms with Crippen molar-refractivity contribution in [1.29, 1.82) is 0 Å². The largest absolute Gasteiger partial charge is 0.669 e. The third-order valence-corrected chi connectivity index (χ3v) is 8.89. The molecule has 0 amide bonds. The molecular formula is C14H32O7Si2. The molecule has 0 radical (unpaired) electrons. The summed E-state index contributed by atoms with van der Waals surface area (Å²) >= 11 is 0. The van der Waals surface area contributed by atoms with E-state index in [0.717, 1.165) is 6.04 Å². The second-order valence-corrected chi connectivity index (χ2v) is 12.0. The van der Waals surface area contributed by atoms with Crippen LogP contribution in [0.1, 0.15) is 0 Å². The van der Waals surface area contributed by atoms with Crippen molar-refractivity contribution in [3.05, 3.63) is 12.7 Å². The van der Waals surface area contributed by atoms with Gasteiger partial charge in [-0.1, -0.05) is 6.08 Å². The molecule has 0 aromatic carbocycles. The Hall–Kier alpha value is -0.106. The first kappa shape index (κ1) is 22.9. The second kappa shape index (κ2) is 13.2. The molecule has 0 aliphatic rings. The lowest BCUT2D eigenvalue weighted by Crippen LogP contribution is -2.56. The number of rotatable bonds is 16. The van der Waals surface area contributed by atoms with E-state index in [0.29, 0.717) is 39.6 Å². The fourth-order valence-electron chi connectivity index (χ4n) is 1.69. The minimum Gasteiger partial charge on any atom is -0.394 e. The first-order valence-electron chi connectivity index (χ1n) is 7.65. The van der Waals surface area contributed by atoms with Crippen LogP contribution in [0.2, 0.25) is 19.1 Å². The third-order valence-electron chi connectivity index (χ3n) is 2.74. The van der Waals surface area contributed by atoms with E-state index in [-0.39, 0.29) is 0 Å². The fourth-order valence-corrected chi connectivity index (χ4v) is 7.38. The highest BCUT2D eigenvalue weighted by Crippen LogP contribution is 2.22. The zero-order valence-corrected chi connectivity index (χ0v) is 17.1. The van der Waals surface area contributed by atoms with E-state index in [4.69, 9.17) is 31.6 Å². The van der Waals surface area contributed by atoms with Gasteiger partial charge in [0, 0.05) is 21.3 Å². The molecule has 0 spiro atoms. The molecule has 0 unspecified atom stereocenters. The predicted molar refractivity (Wildman–Crippen MR) is 92.8 cm³/mol. The zero-order chi connectivity index (χ0) is 17.6. The summed E-state index contributed by atoms with van der Waals surface area (Å²) in [7, 11) is -0.541. The lowest BCUT2D eigenvalue weighted by molar-refractivity contribution is -0.0306. The topological polar surface area (TPSA) is 64.6 Å². The third kappa shape index (κ3) is 11.1.